The summed E-state index contributed by atoms with van der Waals surface area (Å²) in [4.78, 5) is 6.35. The summed E-state index contributed by atoms with van der Waals surface area (Å²) in [7, 11) is -2.90. The van der Waals surface area contributed by atoms with Gasteiger partial charge in [0, 0.05) is 13.1 Å². The molecule has 1 aromatic rings. The average Bonchev–Trinajstić information content (AvgIpc) is 2.30. The van der Waals surface area contributed by atoms with Crippen LogP contribution >= 0.6 is 0 Å². The first-order valence-electron chi connectivity index (χ1n) is 6.57. The second kappa shape index (κ2) is 5.12. The van der Waals surface area contributed by atoms with Crippen molar-refractivity contribution in [3.05, 3.63) is 12.1 Å². The van der Waals surface area contributed by atoms with Crippen LogP contribution in [-0.2, 0) is 9.84 Å². The van der Waals surface area contributed by atoms with Gasteiger partial charge in [0.1, 0.15) is 11.4 Å². The molecule has 2 rings (SSSR count). The second-order valence-corrected chi connectivity index (χ2v) is 8.22. The van der Waals surface area contributed by atoms with Gasteiger partial charge in [0.2, 0.25) is 5.88 Å². The van der Waals surface area contributed by atoms with Crippen molar-refractivity contribution in [2.75, 3.05) is 35.2 Å². The Kier molecular flexibility index (Phi) is 3.82. The Hall–Kier alpha value is -1.50. The van der Waals surface area contributed by atoms with Crippen LogP contribution in [0.1, 0.15) is 20.8 Å². The van der Waals surface area contributed by atoms with Gasteiger partial charge in [0.05, 0.1) is 17.2 Å². The van der Waals surface area contributed by atoms with E-state index in [0.29, 0.717) is 30.5 Å². The highest BCUT2D eigenvalue weighted by molar-refractivity contribution is 7.91. The number of aromatic nitrogens is 1. The lowest BCUT2D eigenvalue weighted by molar-refractivity contribution is 0.125. The van der Waals surface area contributed by atoms with Crippen molar-refractivity contribution in [2.45, 2.75) is 26.4 Å². The molecule has 0 aliphatic carbocycles. The molecule has 0 unspecified atom stereocenters. The maximum absolute atomic E-state index is 11.4. The summed E-state index contributed by atoms with van der Waals surface area (Å²) >= 11 is 0. The molecule has 0 bridgehead atoms. The number of nitrogens with zero attached hydrogens (tertiary/aromatic N) is 2. The standard InChI is InChI=1S/C13H21N3O3S/c1-13(2,3)19-12-10(14)4-5-11(15-12)16-6-8-20(17,18)9-7-16/h4-5H,6-9,14H2,1-3H3. The molecule has 1 aliphatic heterocycles. The van der Waals surface area contributed by atoms with Gasteiger partial charge in [0.25, 0.3) is 0 Å². The van der Waals surface area contributed by atoms with Crippen molar-refractivity contribution in [1.29, 1.82) is 0 Å². The lowest BCUT2D eigenvalue weighted by Crippen LogP contribution is -2.40. The maximum atomic E-state index is 11.4. The van der Waals surface area contributed by atoms with Gasteiger partial charge in [-0.25, -0.2) is 8.42 Å². The molecule has 0 spiro atoms. The lowest BCUT2D eigenvalue weighted by atomic mass is 10.2. The van der Waals surface area contributed by atoms with Gasteiger partial charge in [-0.15, -0.1) is 0 Å². The van der Waals surface area contributed by atoms with Crippen LogP contribution in [0.25, 0.3) is 0 Å². The molecule has 20 heavy (non-hydrogen) atoms. The van der Waals surface area contributed by atoms with E-state index >= 15 is 0 Å². The highest BCUT2D eigenvalue weighted by Crippen LogP contribution is 2.27. The number of pyridine rings is 1. The van der Waals surface area contributed by atoms with E-state index in [9.17, 15) is 8.42 Å². The number of anilines is 2. The van der Waals surface area contributed by atoms with Crippen LogP contribution in [0.4, 0.5) is 11.5 Å². The highest BCUT2D eigenvalue weighted by Gasteiger charge is 2.23. The zero-order chi connectivity index (χ0) is 15.0. The largest absolute Gasteiger partial charge is 0.470 e. The fourth-order valence-electron chi connectivity index (χ4n) is 1.93. The summed E-state index contributed by atoms with van der Waals surface area (Å²) in [5.41, 5.74) is 5.96. The molecule has 1 aromatic heterocycles. The molecule has 2 heterocycles. The summed E-state index contributed by atoms with van der Waals surface area (Å²) in [6.07, 6.45) is 0. The summed E-state index contributed by atoms with van der Waals surface area (Å²) < 4.78 is 28.6. The van der Waals surface area contributed by atoms with E-state index in [1.807, 2.05) is 25.7 Å². The highest BCUT2D eigenvalue weighted by atomic mass is 32.2. The number of nitrogens with two attached hydrogens (primary N) is 1. The molecule has 1 aliphatic rings. The van der Waals surface area contributed by atoms with Crippen molar-refractivity contribution in [3.8, 4) is 5.88 Å². The summed E-state index contributed by atoms with van der Waals surface area (Å²) in [6.45, 7) is 6.68. The third kappa shape index (κ3) is 3.75. The number of rotatable bonds is 2. The van der Waals surface area contributed by atoms with Crippen LogP contribution in [0, 0.1) is 0 Å². The van der Waals surface area contributed by atoms with E-state index in [4.69, 9.17) is 10.5 Å². The predicted molar refractivity (Wildman–Crippen MR) is 79.9 cm³/mol. The molecule has 0 aromatic carbocycles. The van der Waals surface area contributed by atoms with E-state index < -0.39 is 9.84 Å². The van der Waals surface area contributed by atoms with E-state index in [2.05, 4.69) is 4.98 Å². The van der Waals surface area contributed by atoms with E-state index in [1.54, 1.807) is 12.1 Å². The quantitative estimate of drug-likeness (QED) is 0.879. The second-order valence-electron chi connectivity index (χ2n) is 5.92. The molecular weight excluding hydrogens is 278 g/mol. The first-order chi connectivity index (χ1) is 9.16. The van der Waals surface area contributed by atoms with Crippen LogP contribution < -0.4 is 15.4 Å². The molecule has 6 nitrogen and oxygen atoms in total. The first-order valence-corrected chi connectivity index (χ1v) is 8.39. The van der Waals surface area contributed by atoms with E-state index in [0.717, 1.165) is 0 Å². The minimum absolute atomic E-state index is 0.161. The first kappa shape index (κ1) is 14.9. The molecule has 0 atom stereocenters. The zero-order valence-corrected chi connectivity index (χ0v) is 12.9. The minimum atomic E-state index is -2.90. The normalized spacial score (nSPS) is 18.9. The summed E-state index contributed by atoms with van der Waals surface area (Å²) in [5, 5.41) is 0. The minimum Gasteiger partial charge on any atom is -0.470 e. The Morgan fingerprint density at radius 3 is 2.40 bits per heavy atom. The van der Waals surface area contributed by atoms with Gasteiger partial charge < -0.3 is 15.4 Å². The molecule has 7 heteroatoms. The van der Waals surface area contributed by atoms with Crippen LogP contribution in [0.3, 0.4) is 0 Å². The number of ether oxygens (including phenoxy) is 1. The summed E-state index contributed by atoms with van der Waals surface area (Å²) in [5.74, 6) is 1.42. The predicted octanol–water partition coefficient (Wildman–Crippen LogP) is 1.08. The number of sulfone groups is 1. The van der Waals surface area contributed by atoms with Gasteiger partial charge in [-0.1, -0.05) is 0 Å². The Balaban J connectivity index is 2.19. The molecular formula is C13H21N3O3S. The fraction of sp³-hybridized carbons (Fsp3) is 0.615. The van der Waals surface area contributed by atoms with Crippen LogP contribution in [0.2, 0.25) is 0 Å². The molecule has 2 N–H and O–H groups in total. The van der Waals surface area contributed by atoms with Crippen molar-refractivity contribution >= 4 is 21.3 Å². The number of hydrogen-bond acceptors (Lipinski definition) is 6. The Bertz CT molecular complexity index is 579. The van der Waals surface area contributed by atoms with Gasteiger partial charge in [-0.05, 0) is 32.9 Å². The van der Waals surface area contributed by atoms with Crippen LogP contribution in [0.15, 0.2) is 12.1 Å². The van der Waals surface area contributed by atoms with E-state index in [1.165, 1.54) is 0 Å². The van der Waals surface area contributed by atoms with Gasteiger partial charge >= 0.3 is 0 Å². The van der Waals surface area contributed by atoms with Gasteiger partial charge in [0.15, 0.2) is 9.84 Å². The fourth-order valence-corrected chi connectivity index (χ4v) is 3.13. The molecule has 1 saturated heterocycles. The maximum Gasteiger partial charge on any atom is 0.239 e. The van der Waals surface area contributed by atoms with Crippen molar-refractivity contribution in [3.63, 3.8) is 0 Å². The Labute approximate surface area is 119 Å². The van der Waals surface area contributed by atoms with Crippen LogP contribution in [0.5, 0.6) is 5.88 Å². The third-order valence-corrected chi connectivity index (χ3v) is 4.56. The third-order valence-electron chi connectivity index (χ3n) is 2.95. The SMILES string of the molecule is CC(C)(C)Oc1nc(N2CCS(=O)(=O)CC2)ccc1N. The van der Waals surface area contributed by atoms with Crippen molar-refractivity contribution < 1.29 is 13.2 Å². The Morgan fingerprint density at radius 1 is 1.25 bits per heavy atom. The van der Waals surface area contributed by atoms with Crippen LogP contribution in [-0.4, -0.2) is 43.6 Å². The van der Waals surface area contributed by atoms with Crippen molar-refractivity contribution in [2.24, 2.45) is 0 Å². The zero-order valence-electron chi connectivity index (χ0n) is 12.1. The molecule has 0 saturated carbocycles. The van der Waals surface area contributed by atoms with E-state index in [-0.39, 0.29) is 17.1 Å². The summed E-state index contributed by atoms with van der Waals surface area (Å²) in [6, 6.07) is 3.54. The average molecular weight is 299 g/mol. The molecule has 112 valence electrons. The van der Waals surface area contributed by atoms with Gasteiger partial charge in [-0.2, -0.15) is 4.98 Å². The smallest absolute Gasteiger partial charge is 0.239 e. The number of hydrogen-bond donors (Lipinski definition) is 1. The van der Waals surface area contributed by atoms with Crippen molar-refractivity contribution in [1.82, 2.24) is 4.98 Å². The number of nitrogen functional groups attached to an aromatic ring is 1. The Morgan fingerprint density at radius 2 is 1.85 bits per heavy atom. The molecule has 1 fully saturated rings. The molecule has 0 amide bonds. The lowest BCUT2D eigenvalue weighted by Gasteiger charge is -2.29. The molecule has 0 radical (unpaired) electrons. The van der Waals surface area contributed by atoms with Gasteiger partial charge in [-0.3, -0.25) is 0 Å². The topological polar surface area (TPSA) is 85.5 Å². The monoisotopic (exact) mass is 299 g/mol.